The molecule has 0 saturated heterocycles. The summed E-state index contributed by atoms with van der Waals surface area (Å²) in [5.74, 6) is 0.490. The summed E-state index contributed by atoms with van der Waals surface area (Å²) in [4.78, 5) is 12.8. The number of fused-ring (bicyclic) bond motifs is 1. The number of rotatable bonds is 3. The molecule has 0 fully saturated rings. The van der Waals surface area contributed by atoms with Crippen LogP contribution in [0.3, 0.4) is 0 Å². The lowest BCUT2D eigenvalue weighted by Crippen LogP contribution is -2.43. The maximum atomic E-state index is 12.8. The zero-order valence-corrected chi connectivity index (χ0v) is 15.6. The molecule has 1 N–H and O–H groups in total. The van der Waals surface area contributed by atoms with Crippen molar-refractivity contribution in [1.82, 2.24) is 5.32 Å². The second-order valence-electron chi connectivity index (χ2n) is 6.61. The Morgan fingerprint density at radius 3 is 2.75 bits per heavy atom. The number of halogens is 1. The Morgan fingerprint density at radius 1 is 1.25 bits per heavy atom. The molecular formula is C20H20BrNO2. The number of carbonyl (C=O) groups excluding carboxylic acids is 1. The van der Waals surface area contributed by atoms with E-state index in [9.17, 15) is 4.79 Å². The van der Waals surface area contributed by atoms with Gasteiger partial charge < -0.3 is 10.1 Å². The van der Waals surface area contributed by atoms with E-state index in [4.69, 9.17) is 4.74 Å². The van der Waals surface area contributed by atoms with Gasteiger partial charge in [0.05, 0.1) is 12.7 Å². The molecule has 0 aromatic heterocycles. The molecule has 0 amide bonds. The van der Waals surface area contributed by atoms with Gasteiger partial charge in [-0.1, -0.05) is 40.2 Å². The largest absolute Gasteiger partial charge is 0.496 e. The van der Waals surface area contributed by atoms with Gasteiger partial charge in [-0.2, -0.15) is 0 Å². The maximum absolute atomic E-state index is 12.8. The summed E-state index contributed by atoms with van der Waals surface area (Å²) in [5.41, 5.74) is 3.65. The molecule has 4 heteroatoms. The summed E-state index contributed by atoms with van der Waals surface area (Å²) in [6, 6.07) is 13.6. The second kappa shape index (κ2) is 6.44. The first-order valence-electron chi connectivity index (χ1n) is 7.86. The molecule has 0 radical (unpaired) electrons. The number of hydrogen-bond donors (Lipinski definition) is 1. The average Bonchev–Trinajstić information content (AvgIpc) is 2.53. The number of ketones is 1. The first-order valence-corrected chi connectivity index (χ1v) is 8.65. The van der Waals surface area contributed by atoms with Gasteiger partial charge in [-0.05, 0) is 44.0 Å². The van der Waals surface area contributed by atoms with Gasteiger partial charge in [-0.15, -0.1) is 0 Å². The number of nitrogens with one attached hydrogen (secondary N) is 1. The predicted molar refractivity (Wildman–Crippen MR) is 100 cm³/mol. The number of allylic oxidation sites excluding steroid dienone is 1. The van der Waals surface area contributed by atoms with Crippen LogP contribution >= 0.6 is 15.9 Å². The zero-order chi connectivity index (χ0) is 17.3. The zero-order valence-electron chi connectivity index (χ0n) is 14.0. The van der Waals surface area contributed by atoms with E-state index in [2.05, 4.69) is 47.2 Å². The van der Waals surface area contributed by atoms with Crippen LogP contribution in [0.2, 0.25) is 0 Å². The van der Waals surface area contributed by atoms with Crippen LogP contribution in [-0.4, -0.2) is 18.4 Å². The van der Waals surface area contributed by atoms with Crippen molar-refractivity contribution in [2.45, 2.75) is 25.8 Å². The number of hydrogen-bond acceptors (Lipinski definition) is 3. The van der Waals surface area contributed by atoms with Crippen LogP contribution in [0.5, 0.6) is 5.75 Å². The molecule has 0 unspecified atom stereocenters. The Morgan fingerprint density at radius 2 is 2.00 bits per heavy atom. The monoisotopic (exact) mass is 385 g/mol. The summed E-state index contributed by atoms with van der Waals surface area (Å²) in [6.07, 6.45) is 2.60. The van der Waals surface area contributed by atoms with Gasteiger partial charge in [-0.3, -0.25) is 4.79 Å². The first-order chi connectivity index (χ1) is 11.4. The van der Waals surface area contributed by atoms with Crippen molar-refractivity contribution in [3.63, 3.8) is 0 Å². The number of ether oxygens (including phenoxy) is 1. The molecule has 0 bridgehead atoms. The quantitative estimate of drug-likeness (QED) is 0.619. The first kappa shape index (κ1) is 16.8. The van der Waals surface area contributed by atoms with Crippen molar-refractivity contribution < 1.29 is 9.53 Å². The van der Waals surface area contributed by atoms with Crippen LogP contribution in [0.25, 0.3) is 5.70 Å². The molecule has 1 aliphatic rings. The van der Waals surface area contributed by atoms with E-state index in [1.54, 1.807) is 25.3 Å². The highest BCUT2D eigenvalue weighted by atomic mass is 79.9. The van der Waals surface area contributed by atoms with E-state index in [0.717, 1.165) is 22.2 Å². The fourth-order valence-electron chi connectivity index (χ4n) is 3.08. The van der Waals surface area contributed by atoms with Crippen molar-refractivity contribution in [3.05, 3.63) is 69.7 Å². The Hall–Kier alpha value is -2.07. The van der Waals surface area contributed by atoms with Gasteiger partial charge in [-0.25, -0.2) is 0 Å². The summed E-state index contributed by atoms with van der Waals surface area (Å²) < 4.78 is 6.23. The number of benzene rings is 2. The molecular weight excluding hydrogens is 366 g/mol. The molecule has 2 aromatic carbocycles. The van der Waals surface area contributed by atoms with Gasteiger partial charge in [0.15, 0.2) is 5.78 Å². The van der Waals surface area contributed by atoms with Crippen molar-refractivity contribution in [1.29, 1.82) is 0 Å². The number of methoxy groups -OCH3 is 1. The van der Waals surface area contributed by atoms with Crippen LogP contribution in [0.1, 0.15) is 35.3 Å². The third-order valence-corrected chi connectivity index (χ3v) is 4.61. The van der Waals surface area contributed by atoms with Crippen LogP contribution in [0.15, 0.2) is 53.0 Å². The standard InChI is InChI=1S/C20H20BrNO2/c1-20(2)12-13-6-4-5-7-15(13)17(22-20)11-18(23)16-9-8-14(21)10-19(16)24-3/h4-11,22H,12H2,1-3H3. The molecule has 0 spiro atoms. The minimum atomic E-state index is -0.0930. The minimum absolute atomic E-state index is 0.0747. The number of carbonyl (C=O) groups is 1. The molecule has 3 rings (SSSR count). The van der Waals surface area contributed by atoms with Gasteiger partial charge in [0, 0.05) is 27.3 Å². The van der Waals surface area contributed by atoms with Gasteiger partial charge in [0.1, 0.15) is 5.75 Å². The molecule has 24 heavy (non-hydrogen) atoms. The normalized spacial score (nSPS) is 17.1. The van der Waals surface area contributed by atoms with E-state index < -0.39 is 0 Å². The molecule has 124 valence electrons. The Balaban J connectivity index is 2.03. The second-order valence-corrected chi connectivity index (χ2v) is 7.53. The predicted octanol–water partition coefficient (Wildman–Crippen LogP) is 4.61. The van der Waals surface area contributed by atoms with E-state index in [1.165, 1.54) is 5.56 Å². The van der Waals surface area contributed by atoms with Gasteiger partial charge in [0.25, 0.3) is 0 Å². The maximum Gasteiger partial charge on any atom is 0.191 e. The van der Waals surface area contributed by atoms with Crippen LogP contribution < -0.4 is 10.1 Å². The Labute approximate surface area is 150 Å². The third kappa shape index (κ3) is 3.39. The van der Waals surface area contributed by atoms with Crippen LogP contribution in [0, 0.1) is 0 Å². The van der Waals surface area contributed by atoms with Gasteiger partial charge in [0.2, 0.25) is 0 Å². The Bertz CT molecular complexity index is 824. The Kier molecular flexibility index (Phi) is 4.50. The van der Waals surface area contributed by atoms with E-state index in [0.29, 0.717) is 11.3 Å². The summed E-state index contributed by atoms with van der Waals surface area (Å²) in [6.45, 7) is 4.28. The summed E-state index contributed by atoms with van der Waals surface area (Å²) >= 11 is 3.40. The lowest BCUT2D eigenvalue weighted by atomic mass is 9.85. The van der Waals surface area contributed by atoms with Crippen LogP contribution in [0.4, 0.5) is 0 Å². The van der Waals surface area contributed by atoms with Crippen molar-refractivity contribution >= 4 is 27.4 Å². The lowest BCUT2D eigenvalue weighted by molar-refractivity contribution is 0.104. The SMILES string of the molecule is COc1cc(Br)ccc1C(=O)C=C1NC(C)(C)Cc2ccccc21. The molecule has 0 saturated carbocycles. The van der Waals surface area contributed by atoms with Gasteiger partial charge >= 0.3 is 0 Å². The molecule has 0 atom stereocenters. The van der Waals surface area contributed by atoms with Crippen molar-refractivity contribution in [2.24, 2.45) is 0 Å². The minimum Gasteiger partial charge on any atom is -0.496 e. The lowest BCUT2D eigenvalue weighted by Gasteiger charge is -2.35. The van der Waals surface area contributed by atoms with E-state index in [1.807, 2.05) is 18.2 Å². The third-order valence-electron chi connectivity index (χ3n) is 4.12. The summed E-state index contributed by atoms with van der Waals surface area (Å²) in [5, 5.41) is 3.49. The average molecular weight is 386 g/mol. The van der Waals surface area contributed by atoms with Crippen LogP contribution in [-0.2, 0) is 6.42 Å². The topological polar surface area (TPSA) is 38.3 Å². The highest BCUT2D eigenvalue weighted by molar-refractivity contribution is 9.10. The van der Waals surface area contributed by atoms with E-state index >= 15 is 0 Å². The fourth-order valence-corrected chi connectivity index (χ4v) is 3.42. The fraction of sp³-hybridized carbons (Fsp3) is 0.250. The summed E-state index contributed by atoms with van der Waals surface area (Å²) in [7, 11) is 1.57. The van der Waals surface area contributed by atoms with E-state index in [-0.39, 0.29) is 11.3 Å². The molecule has 1 aliphatic heterocycles. The van der Waals surface area contributed by atoms with Crippen molar-refractivity contribution in [2.75, 3.05) is 7.11 Å². The van der Waals surface area contributed by atoms with Crippen molar-refractivity contribution in [3.8, 4) is 5.75 Å². The molecule has 2 aromatic rings. The highest BCUT2D eigenvalue weighted by Crippen LogP contribution is 2.30. The smallest absolute Gasteiger partial charge is 0.191 e. The molecule has 0 aliphatic carbocycles. The highest BCUT2D eigenvalue weighted by Gasteiger charge is 2.27. The molecule has 1 heterocycles. The molecule has 3 nitrogen and oxygen atoms in total.